The average molecular weight is 278 g/mol. The van der Waals surface area contributed by atoms with Gasteiger partial charge in [0.2, 0.25) is 11.8 Å². The molecular weight excluding hydrogens is 264 g/mol. The van der Waals surface area contributed by atoms with Crippen LogP contribution in [-0.4, -0.2) is 34.5 Å². The topological polar surface area (TPSA) is 116 Å². The van der Waals surface area contributed by atoms with E-state index in [0.29, 0.717) is 18.5 Å². The first-order chi connectivity index (χ1) is 9.47. The highest BCUT2D eigenvalue weighted by atomic mass is 16.4. The van der Waals surface area contributed by atoms with Gasteiger partial charge in [-0.3, -0.25) is 9.59 Å². The van der Waals surface area contributed by atoms with Gasteiger partial charge in [0.05, 0.1) is 5.92 Å². The number of amides is 2. The summed E-state index contributed by atoms with van der Waals surface area (Å²) in [5.74, 6) is -2.34. The second kappa shape index (κ2) is 5.60. The molecule has 1 heterocycles. The van der Waals surface area contributed by atoms with Crippen molar-refractivity contribution in [2.24, 2.45) is 5.92 Å². The number of rotatable bonds is 3. The van der Waals surface area contributed by atoms with E-state index in [9.17, 15) is 19.5 Å². The van der Waals surface area contributed by atoms with Gasteiger partial charge in [-0.15, -0.1) is 0 Å². The lowest BCUT2D eigenvalue weighted by Gasteiger charge is -2.21. The van der Waals surface area contributed by atoms with Crippen LogP contribution in [0.5, 0.6) is 5.75 Å². The number of nitrogens with one attached hydrogen (secondary N) is 2. The maximum atomic E-state index is 12.0. The maximum absolute atomic E-state index is 12.0. The lowest BCUT2D eigenvalue weighted by atomic mass is 9.98. The monoisotopic (exact) mass is 278 g/mol. The molecule has 4 N–H and O–H groups in total. The van der Waals surface area contributed by atoms with Crippen molar-refractivity contribution in [2.75, 3.05) is 11.9 Å². The number of carboxylic acid groups (broad SMARTS) is 1. The molecule has 0 aromatic heterocycles. The van der Waals surface area contributed by atoms with Gasteiger partial charge in [0.15, 0.2) is 0 Å². The van der Waals surface area contributed by atoms with Gasteiger partial charge in [0.25, 0.3) is 0 Å². The first-order valence-corrected chi connectivity index (χ1v) is 6.11. The Kier molecular flexibility index (Phi) is 3.88. The fourth-order valence-corrected chi connectivity index (χ4v) is 1.99. The fraction of sp³-hybridized carbons (Fsp3) is 0.308. The highest BCUT2D eigenvalue weighted by Crippen LogP contribution is 2.22. The second-order valence-corrected chi connectivity index (χ2v) is 4.57. The van der Waals surface area contributed by atoms with Crippen molar-refractivity contribution in [1.82, 2.24) is 5.32 Å². The van der Waals surface area contributed by atoms with E-state index in [2.05, 4.69) is 10.6 Å². The Morgan fingerprint density at radius 3 is 2.70 bits per heavy atom. The van der Waals surface area contributed by atoms with Crippen molar-refractivity contribution in [1.29, 1.82) is 0 Å². The van der Waals surface area contributed by atoms with Crippen LogP contribution in [0.25, 0.3) is 0 Å². The number of benzene rings is 1. The lowest BCUT2D eigenvalue weighted by molar-refractivity contribution is -0.126. The van der Waals surface area contributed by atoms with Crippen LogP contribution in [0.15, 0.2) is 18.2 Å². The summed E-state index contributed by atoms with van der Waals surface area (Å²) in [5.41, 5.74) is 0.0156. The maximum Gasteiger partial charge on any atom is 0.339 e. The van der Waals surface area contributed by atoms with Crippen LogP contribution < -0.4 is 10.6 Å². The van der Waals surface area contributed by atoms with E-state index < -0.39 is 5.97 Å². The Labute approximate surface area is 114 Å². The smallest absolute Gasteiger partial charge is 0.339 e. The van der Waals surface area contributed by atoms with Gasteiger partial charge in [0, 0.05) is 18.7 Å². The summed E-state index contributed by atoms with van der Waals surface area (Å²) < 4.78 is 0. The fourth-order valence-electron chi connectivity index (χ4n) is 1.99. The zero-order valence-electron chi connectivity index (χ0n) is 10.5. The van der Waals surface area contributed by atoms with Crippen LogP contribution in [0.3, 0.4) is 0 Å². The van der Waals surface area contributed by atoms with E-state index in [1.165, 1.54) is 18.2 Å². The van der Waals surface area contributed by atoms with Crippen molar-refractivity contribution in [3.8, 4) is 5.75 Å². The Morgan fingerprint density at radius 2 is 2.10 bits per heavy atom. The number of aromatic carboxylic acids is 1. The van der Waals surface area contributed by atoms with Gasteiger partial charge >= 0.3 is 5.97 Å². The van der Waals surface area contributed by atoms with Gasteiger partial charge in [-0.25, -0.2) is 4.79 Å². The largest absolute Gasteiger partial charge is 0.507 e. The van der Waals surface area contributed by atoms with Crippen molar-refractivity contribution >= 4 is 23.5 Å². The SMILES string of the molecule is O=C1CCC(C(=O)Nc2ccc(O)c(C(=O)O)c2)CN1. The minimum atomic E-state index is -1.27. The molecule has 7 nitrogen and oxygen atoms in total. The number of aromatic hydroxyl groups is 1. The van der Waals surface area contributed by atoms with Crippen molar-refractivity contribution in [3.63, 3.8) is 0 Å². The molecule has 0 radical (unpaired) electrons. The summed E-state index contributed by atoms with van der Waals surface area (Å²) in [5, 5.41) is 23.4. The summed E-state index contributed by atoms with van der Waals surface area (Å²) >= 11 is 0. The van der Waals surface area contributed by atoms with Crippen LogP contribution >= 0.6 is 0 Å². The number of hydrogen-bond donors (Lipinski definition) is 4. The molecule has 1 aliphatic rings. The minimum absolute atomic E-state index is 0.0770. The van der Waals surface area contributed by atoms with E-state index in [0.717, 1.165) is 0 Å². The Balaban J connectivity index is 2.06. The molecular formula is C13H14N2O5. The molecule has 0 spiro atoms. The summed E-state index contributed by atoms with van der Waals surface area (Å²) in [6, 6.07) is 3.82. The average Bonchev–Trinajstić information content (AvgIpc) is 2.41. The number of carbonyl (C=O) groups is 3. The molecule has 1 saturated heterocycles. The number of anilines is 1. The van der Waals surface area contributed by atoms with Crippen LogP contribution in [-0.2, 0) is 9.59 Å². The lowest BCUT2D eigenvalue weighted by Crippen LogP contribution is -2.40. The number of hydrogen-bond acceptors (Lipinski definition) is 4. The van der Waals surface area contributed by atoms with E-state index in [4.69, 9.17) is 5.11 Å². The van der Waals surface area contributed by atoms with Gasteiger partial charge in [-0.05, 0) is 24.6 Å². The summed E-state index contributed by atoms with van der Waals surface area (Å²) in [7, 11) is 0. The Bertz CT molecular complexity index is 560. The molecule has 7 heteroatoms. The highest BCUT2D eigenvalue weighted by molar-refractivity contribution is 5.97. The minimum Gasteiger partial charge on any atom is -0.507 e. The molecule has 1 aromatic rings. The molecule has 0 aliphatic carbocycles. The summed E-state index contributed by atoms with van der Waals surface area (Å²) in [6.45, 7) is 0.272. The highest BCUT2D eigenvalue weighted by Gasteiger charge is 2.24. The second-order valence-electron chi connectivity index (χ2n) is 4.57. The van der Waals surface area contributed by atoms with Crippen LogP contribution in [0, 0.1) is 5.92 Å². The molecule has 2 rings (SSSR count). The summed E-state index contributed by atoms with van der Waals surface area (Å²) in [6.07, 6.45) is 0.760. The van der Waals surface area contributed by atoms with Crippen molar-refractivity contribution in [3.05, 3.63) is 23.8 Å². The molecule has 1 unspecified atom stereocenters. The molecule has 1 fully saturated rings. The van der Waals surface area contributed by atoms with Crippen LogP contribution in [0.2, 0.25) is 0 Å². The molecule has 1 aromatic carbocycles. The van der Waals surface area contributed by atoms with Crippen molar-refractivity contribution < 1.29 is 24.6 Å². The van der Waals surface area contributed by atoms with Crippen molar-refractivity contribution in [2.45, 2.75) is 12.8 Å². The predicted molar refractivity (Wildman–Crippen MR) is 69.4 cm³/mol. The molecule has 1 aliphatic heterocycles. The third-order valence-electron chi connectivity index (χ3n) is 3.13. The van der Waals surface area contributed by atoms with E-state index in [-0.39, 0.29) is 35.6 Å². The normalized spacial score (nSPS) is 18.2. The number of phenols is 1. The quantitative estimate of drug-likeness (QED) is 0.603. The van der Waals surface area contributed by atoms with E-state index in [1.54, 1.807) is 0 Å². The third-order valence-corrected chi connectivity index (χ3v) is 3.13. The zero-order valence-corrected chi connectivity index (χ0v) is 10.5. The standard InChI is InChI=1S/C13H14N2O5/c16-10-3-2-8(5-9(10)13(19)20)15-12(18)7-1-4-11(17)14-6-7/h2-3,5,7,16H,1,4,6H2,(H,14,17)(H,15,18)(H,19,20). The molecule has 2 amide bonds. The van der Waals surface area contributed by atoms with E-state index in [1.807, 2.05) is 0 Å². The Hall–Kier alpha value is -2.57. The molecule has 0 bridgehead atoms. The molecule has 20 heavy (non-hydrogen) atoms. The van der Waals surface area contributed by atoms with Gasteiger partial charge in [-0.2, -0.15) is 0 Å². The van der Waals surface area contributed by atoms with Crippen LogP contribution in [0.4, 0.5) is 5.69 Å². The zero-order chi connectivity index (χ0) is 14.7. The van der Waals surface area contributed by atoms with Gasteiger partial charge < -0.3 is 20.8 Å². The molecule has 0 saturated carbocycles. The van der Waals surface area contributed by atoms with Gasteiger partial charge in [-0.1, -0.05) is 0 Å². The molecule has 1 atom stereocenters. The van der Waals surface area contributed by atoms with Gasteiger partial charge in [0.1, 0.15) is 11.3 Å². The van der Waals surface area contributed by atoms with Crippen LogP contribution in [0.1, 0.15) is 23.2 Å². The first kappa shape index (κ1) is 13.9. The third kappa shape index (κ3) is 3.05. The Morgan fingerprint density at radius 1 is 1.35 bits per heavy atom. The van der Waals surface area contributed by atoms with E-state index >= 15 is 0 Å². The number of carboxylic acids is 1. The summed E-state index contributed by atoms with van der Waals surface area (Å²) in [4.78, 5) is 33.9. The predicted octanol–water partition coefficient (Wildman–Crippen LogP) is 0.555. The molecule has 106 valence electrons. The number of piperidine rings is 1. The first-order valence-electron chi connectivity index (χ1n) is 6.11. The number of carbonyl (C=O) groups excluding carboxylic acids is 2.